The van der Waals surface area contributed by atoms with E-state index in [1.54, 1.807) is 18.2 Å². The van der Waals surface area contributed by atoms with E-state index in [0.29, 0.717) is 15.6 Å². The van der Waals surface area contributed by atoms with Crippen LogP contribution in [0.3, 0.4) is 0 Å². The number of hydrogen-bond acceptors (Lipinski definition) is 3. The minimum absolute atomic E-state index is 0.0185. The van der Waals surface area contributed by atoms with Crippen molar-refractivity contribution in [3.05, 3.63) is 33.8 Å². The lowest BCUT2D eigenvalue weighted by atomic mass is 10.0. The Labute approximate surface area is 141 Å². The second-order valence-electron chi connectivity index (χ2n) is 5.70. The van der Waals surface area contributed by atoms with Crippen molar-refractivity contribution in [1.29, 1.82) is 0 Å². The van der Waals surface area contributed by atoms with Gasteiger partial charge in [0.15, 0.2) is 0 Å². The molecule has 0 saturated carbocycles. The fourth-order valence-corrected chi connectivity index (χ4v) is 3.28. The standard InChI is InChI=1S/C16H22Cl2N2O2/c1-2-20-5-3-14(4-6-20)19-16(22)10-15(21)11-7-12(17)9-13(18)8-11/h7-9,14-15,21H,2-6,10H2,1H3,(H,19,22). The lowest BCUT2D eigenvalue weighted by molar-refractivity contribution is -0.124. The van der Waals surface area contributed by atoms with Gasteiger partial charge < -0.3 is 15.3 Å². The van der Waals surface area contributed by atoms with Crippen LogP contribution in [0.5, 0.6) is 0 Å². The quantitative estimate of drug-likeness (QED) is 0.863. The third kappa shape index (κ3) is 5.13. The number of nitrogens with one attached hydrogen (secondary N) is 1. The van der Waals surface area contributed by atoms with Crippen LogP contribution in [0.2, 0.25) is 10.0 Å². The summed E-state index contributed by atoms with van der Waals surface area (Å²) in [7, 11) is 0. The molecule has 2 rings (SSSR count). The lowest BCUT2D eigenvalue weighted by Crippen LogP contribution is -2.44. The Hall–Kier alpha value is -0.810. The van der Waals surface area contributed by atoms with Gasteiger partial charge in [0.25, 0.3) is 0 Å². The fraction of sp³-hybridized carbons (Fsp3) is 0.562. The minimum Gasteiger partial charge on any atom is -0.388 e. The first-order valence-electron chi connectivity index (χ1n) is 7.63. The first-order valence-corrected chi connectivity index (χ1v) is 8.39. The van der Waals surface area contributed by atoms with Crippen LogP contribution in [-0.4, -0.2) is 41.6 Å². The number of rotatable bonds is 5. The zero-order chi connectivity index (χ0) is 16.1. The Bertz CT molecular complexity index is 497. The molecule has 1 aliphatic rings. The van der Waals surface area contributed by atoms with E-state index in [0.717, 1.165) is 32.5 Å². The smallest absolute Gasteiger partial charge is 0.223 e. The fourth-order valence-electron chi connectivity index (χ4n) is 2.74. The van der Waals surface area contributed by atoms with Crippen molar-refractivity contribution in [3.63, 3.8) is 0 Å². The van der Waals surface area contributed by atoms with Gasteiger partial charge in [0.05, 0.1) is 12.5 Å². The number of aliphatic hydroxyl groups excluding tert-OH is 1. The number of piperidine rings is 1. The molecule has 0 bridgehead atoms. The summed E-state index contributed by atoms with van der Waals surface area (Å²) in [6, 6.07) is 5.06. The van der Waals surface area contributed by atoms with Gasteiger partial charge in [-0.15, -0.1) is 0 Å². The van der Waals surface area contributed by atoms with Crippen molar-refractivity contribution in [2.75, 3.05) is 19.6 Å². The summed E-state index contributed by atoms with van der Waals surface area (Å²) in [4.78, 5) is 14.4. The van der Waals surface area contributed by atoms with E-state index in [4.69, 9.17) is 23.2 Å². The molecule has 1 aromatic carbocycles. The number of carbonyl (C=O) groups excluding carboxylic acids is 1. The van der Waals surface area contributed by atoms with Crippen LogP contribution < -0.4 is 5.32 Å². The molecule has 1 amide bonds. The largest absolute Gasteiger partial charge is 0.388 e. The molecule has 0 aromatic heterocycles. The molecule has 2 N–H and O–H groups in total. The first kappa shape index (κ1) is 17.5. The summed E-state index contributed by atoms with van der Waals surface area (Å²) in [5.41, 5.74) is 0.563. The van der Waals surface area contributed by atoms with Gasteiger partial charge in [0, 0.05) is 29.2 Å². The summed E-state index contributed by atoms with van der Waals surface area (Å²) < 4.78 is 0. The number of amides is 1. The molecule has 1 atom stereocenters. The molecule has 4 nitrogen and oxygen atoms in total. The third-order valence-corrected chi connectivity index (χ3v) is 4.48. The van der Waals surface area contributed by atoms with Gasteiger partial charge in [-0.1, -0.05) is 30.1 Å². The van der Waals surface area contributed by atoms with Gasteiger partial charge in [-0.05, 0) is 43.1 Å². The Morgan fingerprint density at radius 3 is 2.45 bits per heavy atom. The molecule has 6 heteroatoms. The first-order chi connectivity index (χ1) is 10.5. The zero-order valence-electron chi connectivity index (χ0n) is 12.7. The molecule has 1 heterocycles. The minimum atomic E-state index is -0.896. The van der Waals surface area contributed by atoms with Gasteiger partial charge >= 0.3 is 0 Å². The molecule has 22 heavy (non-hydrogen) atoms. The third-order valence-electron chi connectivity index (χ3n) is 4.05. The van der Waals surface area contributed by atoms with Crippen LogP contribution in [-0.2, 0) is 4.79 Å². The van der Waals surface area contributed by atoms with E-state index < -0.39 is 6.10 Å². The highest BCUT2D eigenvalue weighted by molar-refractivity contribution is 6.34. The van der Waals surface area contributed by atoms with Crippen LogP contribution in [0.4, 0.5) is 0 Å². The van der Waals surface area contributed by atoms with Crippen molar-refractivity contribution >= 4 is 29.1 Å². The predicted molar refractivity (Wildman–Crippen MR) is 89.3 cm³/mol. The SMILES string of the molecule is CCN1CCC(NC(=O)CC(O)c2cc(Cl)cc(Cl)c2)CC1. The van der Waals surface area contributed by atoms with Crippen molar-refractivity contribution in [1.82, 2.24) is 10.2 Å². The Balaban J connectivity index is 1.84. The van der Waals surface area contributed by atoms with Crippen molar-refractivity contribution in [2.45, 2.75) is 38.3 Å². The highest BCUT2D eigenvalue weighted by Gasteiger charge is 2.21. The van der Waals surface area contributed by atoms with Gasteiger partial charge in [-0.2, -0.15) is 0 Å². The van der Waals surface area contributed by atoms with Gasteiger partial charge in [-0.3, -0.25) is 4.79 Å². The second kappa shape index (κ2) is 8.16. The molecule has 1 aliphatic heterocycles. The lowest BCUT2D eigenvalue weighted by Gasteiger charge is -2.31. The molecule has 0 spiro atoms. The van der Waals surface area contributed by atoms with Gasteiger partial charge in [0.1, 0.15) is 0 Å². The van der Waals surface area contributed by atoms with E-state index in [-0.39, 0.29) is 18.4 Å². The average molecular weight is 345 g/mol. The van der Waals surface area contributed by atoms with Crippen LogP contribution in [0.25, 0.3) is 0 Å². The molecule has 1 aromatic rings. The summed E-state index contributed by atoms with van der Waals surface area (Å²) in [6.45, 7) is 5.21. The molecule has 1 unspecified atom stereocenters. The van der Waals surface area contributed by atoms with Crippen LogP contribution in [0, 0.1) is 0 Å². The number of carbonyl (C=O) groups is 1. The van der Waals surface area contributed by atoms with E-state index >= 15 is 0 Å². The van der Waals surface area contributed by atoms with E-state index in [9.17, 15) is 9.90 Å². The molecule has 0 aliphatic carbocycles. The van der Waals surface area contributed by atoms with E-state index in [1.807, 2.05) is 0 Å². The summed E-state index contributed by atoms with van der Waals surface area (Å²) in [5.74, 6) is -0.140. The Morgan fingerprint density at radius 2 is 1.91 bits per heavy atom. The number of benzene rings is 1. The number of likely N-dealkylation sites (tertiary alicyclic amines) is 1. The summed E-state index contributed by atoms with van der Waals surface area (Å²) in [5, 5.41) is 14.1. The predicted octanol–water partition coefficient (Wildman–Crippen LogP) is 3.02. The maximum absolute atomic E-state index is 12.1. The van der Waals surface area contributed by atoms with Crippen LogP contribution in [0.1, 0.15) is 37.9 Å². The Morgan fingerprint density at radius 1 is 1.32 bits per heavy atom. The summed E-state index contributed by atoms with van der Waals surface area (Å²) in [6.07, 6.45) is 1.04. The maximum atomic E-state index is 12.1. The monoisotopic (exact) mass is 344 g/mol. The van der Waals surface area contributed by atoms with Gasteiger partial charge in [-0.25, -0.2) is 0 Å². The normalized spacial score (nSPS) is 18.2. The highest BCUT2D eigenvalue weighted by Crippen LogP contribution is 2.25. The molecule has 0 radical (unpaired) electrons. The molecule has 1 fully saturated rings. The molecule has 122 valence electrons. The maximum Gasteiger partial charge on any atom is 0.223 e. The number of nitrogens with zero attached hydrogens (tertiary/aromatic N) is 1. The Kier molecular flexibility index (Phi) is 6.50. The van der Waals surface area contributed by atoms with Crippen molar-refractivity contribution < 1.29 is 9.90 Å². The topological polar surface area (TPSA) is 52.6 Å². The van der Waals surface area contributed by atoms with Crippen molar-refractivity contribution in [3.8, 4) is 0 Å². The second-order valence-corrected chi connectivity index (χ2v) is 6.57. The summed E-state index contributed by atoms with van der Waals surface area (Å²) >= 11 is 11.8. The van der Waals surface area contributed by atoms with Crippen LogP contribution >= 0.6 is 23.2 Å². The zero-order valence-corrected chi connectivity index (χ0v) is 14.2. The van der Waals surface area contributed by atoms with Crippen molar-refractivity contribution in [2.24, 2.45) is 0 Å². The number of hydrogen-bond donors (Lipinski definition) is 2. The average Bonchev–Trinajstić information content (AvgIpc) is 2.47. The van der Waals surface area contributed by atoms with E-state index in [1.165, 1.54) is 0 Å². The highest BCUT2D eigenvalue weighted by atomic mass is 35.5. The van der Waals surface area contributed by atoms with Gasteiger partial charge in [0.2, 0.25) is 5.91 Å². The van der Waals surface area contributed by atoms with E-state index in [2.05, 4.69) is 17.1 Å². The molecular weight excluding hydrogens is 323 g/mol. The number of halogens is 2. The number of aliphatic hydroxyl groups is 1. The molecular formula is C16H22Cl2N2O2. The molecule has 1 saturated heterocycles. The van der Waals surface area contributed by atoms with Crippen LogP contribution in [0.15, 0.2) is 18.2 Å².